The summed E-state index contributed by atoms with van der Waals surface area (Å²) in [6, 6.07) is 0. The Labute approximate surface area is 119 Å². The van der Waals surface area contributed by atoms with Crippen molar-refractivity contribution in [1.29, 1.82) is 0 Å². The predicted octanol–water partition coefficient (Wildman–Crippen LogP) is 0.855. The Morgan fingerprint density at radius 1 is 0.842 bits per heavy atom. The Morgan fingerprint density at radius 2 is 1.42 bits per heavy atom. The molecule has 0 atom stereocenters. The summed E-state index contributed by atoms with van der Waals surface area (Å²) in [6.07, 6.45) is 2.78. The fourth-order valence-corrected chi connectivity index (χ4v) is 3.36. The van der Waals surface area contributed by atoms with E-state index in [-0.39, 0.29) is 0 Å². The van der Waals surface area contributed by atoms with Gasteiger partial charge in [0.2, 0.25) is 0 Å². The van der Waals surface area contributed by atoms with Crippen molar-refractivity contribution >= 4 is 0 Å². The molecule has 2 aliphatic heterocycles. The van der Waals surface area contributed by atoms with E-state index in [4.69, 9.17) is 0 Å². The molecule has 2 saturated heterocycles. The van der Waals surface area contributed by atoms with E-state index in [0.29, 0.717) is 0 Å². The minimum absolute atomic E-state index is 0.937. The van der Waals surface area contributed by atoms with Crippen LogP contribution < -0.4 is 0 Å². The summed E-state index contributed by atoms with van der Waals surface area (Å²) < 4.78 is 0. The quantitative estimate of drug-likeness (QED) is 0.733. The third-order valence-corrected chi connectivity index (χ3v) is 4.62. The van der Waals surface area contributed by atoms with Crippen LogP contribution in [0.5, 0.6) is 0 Å². The summed E-state index contributed by atoms with van der Waals surface area (Å²) >= 11 is 0. The van der Waals surface area contributed by atoms with E-state index in [1.54, 1.807) is 0 Å². The third kappa shape index (κ3) is 5.03. The Bertz CT molecular complexity index is 241. The summed E-state index contributed by atoms with van der Waals surface area (Å²) in [7, 11) is 4.33. The molecule has 2 fully saturated rings. The van der Waals surface area contributed by atoms with Crippen LogP contribution in [-0.4, -0.2) is 92.7 Å². The van der Waals surface area contributed by atoms with Crippen molar-refractivity contribution in [3.8, 4) is 0 Å². The second-order valence-corrected chi connectivity index (χ2v) is 6.52. The molecule has 0 amide bonds. The normalized spacial score (nSPS) is 25.3. The lowest BCUT2D eigenvalue weighted by molar-refractivity contribution is 0.0831. The number of nitrogens with zero attached hydrogens (tertiary/aromatic N) is 4. The molecule has 0 aromatic carbocycles. The summed E-state index contributed by atoms with van der Waals surface area (Å²) in [5.74, 6) is 0.937. The summed E-state index contributed by atoms with van der Waals surface area (Å²) in [5, 5.41) is 0. The SMILES string of the molecule is CCN1CCN(CC2CCN(CN(C)C)CC2)CC1. The molecule has 0 aromatic heterocycles. The number of piperazine rings is 1. The fraction of sp³-hybridized carbons (Fsp3) is 1.00. The molecule has 0 unspecified atom stereocenters. The van der Waals surface area contributed by atoms with Gasteiger partial charge in [0.15, 0.2) is 0 Å². The van der Waals surface area contributed by atoms with Gasteiger partial charge in [-0.2, -0.15) is 0 Å². The molecule has 2 rings (SSSR count). The average Bonchev–Trinajstić information content (AvgIpc) is 2.41. The fourth-order valence-electron chi connectivity index (χ4n) is 3.36. The highest BCUT2D eigenvalue weighted by Crippen LogP contribution is 2.19. The van der Waals surface area contributed by atoms with E-state index in [0.717, 1.165) is 12.6 Å². The molecule has 112 valence electrons. The lowest BCUT2D eigenvalue weighted by Crippen LogP contribution is -2.49. The number of rotatable bonds is 5. The van der Waals surface area contributed by atoms with Crippen molar-refractivity contribution in [1.82, 2.24) is 19.6 Å². The smallest absolute Gasteiger partial charge is 0.0500 e. The van der Waals surface area contributed by atoms with Gasteiger partial charge in [-0.05, 0) is 52.5 Å². The minimum atomic E-state index is 0.937. The van der Waals surface area contributed by atoms with Crippen LogP contribution in [0.25, 0.3) is 0 Å². The van der Waals surface area contributed by atoms with E-state index in [9.17, 15) is 0 Å². The highest BCUT2D eigenvalue weighted by atomic mass is 15.3. The van der Waals surface area contributed by atoms with E-state index < -0.39 is 0 Å². The molecule has 0 saturated carbocycles. The monoisotopic (exact) mass is 268 g/mol. The second kappa shape index (κ2) is 7.58. The molecule has 0 aromatic rings. The molecule has 2 aliphatic rings. The second-order valence-electron chi connectivity index (χ2n) is 6.52. The van der Waals surface area contributed by atoms with Gasteiger partial charge >= 0.3 is 0 Å². The Kier molecular flexibility index (Phi) is 6.07. The molecule has 0 N–H and O–H groups in total. The number of hydrogen-bond acceptors (Lipinski definition) is 4. The third-order valence-electron chi connectivity index (χ3n) is 4.62. The maximum absolute atomic E-state index is 2.69. The van der Waals surface area contributed by atoms with Gasteiger partial charge in [0.05, 0.1) is 6.67 Å². The highest BCUT2D eigenvalue weighted by molar-refractivity contribution is 4.78. The van der Waals surface area contributed by atoms with Crippen LogP contribution in [-0.2, 0) is 0 Å². The van der Waals surface area contributed by atoms with E-state index in [2.05, 4.69) is 40.6 Å². The zero-order valence-electron chi connectivity index (χ0n) is 13.1. The van der Waals surface area contributed by atoms with Gasteiger partial charge < -0.3 is 9.80 Å². The van der Waals surface area contributed by atoms with Crippen LogP contribution in [0.2, 0.25) is 0 Å². The maximum Gasteiger partial charge on any atom is 0.0500 e. The summed E-state index contributed by atoms with van der Waals surface area (Å²) in [4.78, 5) is 10.1. The first-order valence-corrected chi connectivity index (χ1v) is 7.99. The van der Waals surface area contributed by atoms with Gasteiger partial charge in [-0.1, -0.05) is 6.92 Å². The van der Waals surface area contributed by atoms with Gasteiger partial charge in [-0.25, -0.2) is 0 Å². The van der Waals surface area contributed by atoms with Crippen molar-refractivity contribution in [2.24, 2.45) is 5.92 Å². The van der Waals surface area contributed by atoms with Crippen molar-refractivity contribution in [2.75, 3.05) is 73.1 Å². The van der Waals surface area contributed by atoms with E-state index in [1.165, 1.54) is 65.2 Å². The molecule has 0 bridgehead atoms. The van der Waals surface area contributed by atoms with E-state index in [1.807, 2.05) is 0 Å². The first-order valence-electron chi connectivity index (χ1n) is 7.99. The molecular formula is C15H32N4. The van der Waals surface area contributed by atoms with Crippen molar-refractivity contribution in [2.45, 2.75) is 19.8 Å². The molecule has 0 spiro atoms. The average molecular weight is 268 g/mol. The Hall–Kier alpha value is -0.160. The van der Waals surface area contributed by atoms with Crippen LogP contribution in [0.1, 0.15) is 19.8 Å². The molecule has 4 heteroatoms. The van der Waals surface area contributed by atoms with Gasteiger partial charge in [0, 0.05) is 32.7 Å². The molecule has 2 heterocycles. The van der Waals surface area contributed by atoms with Crippen LogP contribution in [0.3, 0.4) is 0 Å². The number of hydrogen-bond donors (Lipinski definition) is 0. The Morgan fingerprint density at radius 3 is 1.95 bits per heavy atom. The van der Waals surface area contributed by atoms with E-state index >= 15 is 0 Å². The van der Waals surface area contributed by atoms with Crippen LogP contribution in [0.15, 0.2) is 0 Å². The zero-order chi connectivity index (χ0) is 13.7. The van der Waals surface area contributed by atoms with Gasteiger partial charge in [0.1, 0.15) is 0 Å². The van der Waals surface area contributed by atoms with Crippen LogP contribution in [0.4, 0.5) is 0 Å². The Balaban J connectivity index is 1.63. The van der Waals surface area contributed by atoms with Crippen molar-refractivity contribution < 1.29 is 0 Å². The van der Waals surface area contributed by atoms with Crippen LogP contribution >= 0.6 is 0 Å². The van der Waals surface area contributed by atoms with Gasteiger partial charge in [-0.15, -0.1) is 0 Å². The van der Waals surface area contributed by atoms with Gasteiger partial charge in [-0.3, -0.25) is 9.80 Å². The standard InChI is InChI=1S/C15H32N4/c1-4-17-9-11-18(12-10-17)13-15-5-7-19(8-6-15)14-16(2)3/h15H,4-14H2,1-3H3. The molecule has 0 radical (unpaired) electrons. The molecule has 19 heavy (non-hydrogen) atoms. The zero-order valence-corrected chi connectivity index (χ0v) is 13.1. The summed E-state index contributed by atoms with van der Waals surface area (Å²) in [6.45, 7) is 13.7. The summed E-state index contributed by atoms with van der Waals surface area (Å²) in [5.41, 5.74) is 0. The van der Waals surface area contributed by atoms with Crippen LogP contribution in [0, 0.1) is 5.92 Å². The van der Waals surface area contributed by atoms with Gasteiger partial charge in [0.25, 0.3) is 0 Å². The molecular weight excluding hydrogens is 236 g/mol. The number of piperidine rings is 1. The molecule has 4 nitrogen and oxygen atoms in total. The maximum atomic E-state index is 2.69. The topological polar surface area (TPSA) is 13.0 Å². The largest absolute Gasteiger partial charge is 0.301 e. The lowest BCUT2D eigenvalue weighted by Gasteiger charge is -2.39. The van der Waals surface area contributed by atoms with Crippen molar-refractivity contribution in [3.05, 3.63) is 0 Å². The first-order chi connectivity index (χ1) is 9.17. The minimum Gasteiger partial charge on any atom is -0.301 e. The number of likely N-dealkylation sites (tertiary alicyclic amines) is 1. The van der Waals surface area contributed by atoms with Crippen molar-refractivity contribution in [3.63, 3.8) is 0 Å². The highest BCUT2D eigenvalue weighted by Gasteiger charge is 2.23. The lowest BCUT2D eigenvalue weighted by atomic mass is 9.96. The first kappa shape index (κ1) is 15.2. The molecule has 0 aliphatic carbocycles. The number of likely N-dealkylation sites (N-methyl/N-ethyl adjacent to an activating group) is 1. The predicted molar refractivity (Wildman–Crippen MR) is 81.4 cm³/mol.